The van der Waals surface area contributed by atoms with Gasteiger partial charge in [-0.25, -0.2) is 9.78 Å². The van der Waals surface area contributed by atoms with Gasteiger partial charge in [0.2, 0.25) is 0 Å². The molecule has 0 aliphatic carbocycles. The number of nitrogens with zero attached hydrogens (tertiary/aromatic N) is 3. The van der Waals surface area contributed by atoms with Crippen LogP contribution in [0.15, 0.2) is 9.96 Å². The van der Waals surface area contributed by atoms with Gasteiger partial charge < -0.3 is 14.5 Å². The van der Waals surface area contributed by atoms with Crippen LogP contribution in [-0.2, 0) is 4.74 Å². The Morgan fingerprint density at radius 2 is 2.16 bits per heavy atom. The Balaban J connectivity index is 2.70. The topological polar surface area (TPSA) is 45.7 Å². The fourth-order valence-corrected chi connectivity index (χ4v) is 2.13. The maximum Gasteiger partial charge on any atom is 0.410 e. The molecule has 1 aliphatic heterocycles. The molecule has 1 aromatic rings. The third kappa shape index (κ3) is 4.07. The van der Waals surface area contributed by atoms with Gasteiger partial charge in [0.1, 0.15) is 10.2 Å². The van der Waals surface area contributed by atoms with Crippen LogP contribution in [0.2, 0.25) is 0 Å². The van der Waals surface area contributed by atoms with E-state index in [1.807, 2.05) is 0 Å². The third-order valence-corrected chi connectivity index (χ3v) is 3.12. The highest BCUT2D eigenvalue weighted by Gasteiger charge is 2.26. The fraction of sp³-hybridized carbons (Fsp3) is 0.667. The zero-order valence-electron chi connectivity index (χ0n) is 19.4. The van der Waals surface area contributed by atoms with Crippen molar-refractivity contribution in [3.8, 4) is 0 Å². The zero-order chi connectivity index (χ0) is 22.1. The second kappa shape index (κ2) is 5.66. The summed E-state index contributed by atoms with van der Waals surface area (Å²) in [5, 5.41) is -0.638. The molecule has 0 spiro atoms. The number of thiazole rings is 1. The van der Waals surface area contributed by atoms with E-state index < -0.39 is 42.8 Å². The number of hydrogen-bond acceptors (Lipinski definition) is 5. The van der Waals surface area contributed by atoms with Crippen molar-refractivity contribution in [1.29, 1.82) is 0 Å². The van der Waals surface area contributed by atoms with Crippen LogP contribution in [0.5, 0.6) is 0 Å². The van der Waals surface area contributed by atoms with Gasteiger partial charge in [0.25, 0.3) is 0 Å². The van der Waals surface area contributed by atoms with E-state index in [2.05, 4.69) is 20.9 Å². The second-order valence-corrected chi connectivity index (χ2v) is 6.01. The van der Waals surface area contributed by atoms with Crippen molar-refractivity contribution in [2.24, 2.45) is 0 Å². The number of hydrogen-bond donors (Lipinski definition) is 0. The Morgan fingerprint density at radius 3 is 2.63 bits per heavy atom. The maximum atomic E-state index is 12.5. The molecular weight excluding hydrogens is 330 g/mol. The highest BCUT2D eigenvalue weighted by Crippen LogP contribution is 2.24. The van der Waals surface area contributed by atoms with Gasteiger partial charge in [0.15, 0.2) is 5.13 Å². The predicted octanol–water partition coefficient (Wildman–Crippen LogP) is 2.96. The Bertz CT molecular complexity index is 748. The van der Waals surface area contributed by atoms with Gasteiger partial charge >= 0.3 is 6.09 Å². The van der Waals surface area contributed by atoms with Gasteiger partial charge in [-0.15, -0.1) is 11.3 Å². The summed E-state index contributed by atoms with van der Waals surface area (Å²) in [7, 11) is 0. The Hall–Kier alpha value is -0.820. The highest BCUT2D eigenvalue weighted by atomic mass is 79.9. The van der Waals surface area contributed by atoms with Crippen LogP contribution in [-0.4, -0.2) is 47.6 Å². The molecule has 106 valence electrons. The van der Waals surface area contributed by atoms with Crippen molar-refractivity contribution < 1.29 is 21.9 Å². The normalized spacial score (nSPS) is 34.2. The molecule has 1 aliphatic rings. The minimum atomic E-state index is -3.36. The van der Waals surface area contributed by atoms with Crippen LogP contribution in [0.1, 0.15) is 33.1 Å². The number of amides is 1. The summed E-state index contributed by atoms with van der Waals surface area (Å²) >= 11 is 3.48. The summed E-state index contributed by atoms with van der Waals surface area (Å²) in [6.07, 6.45) is -1.55. The van der Waals surface area contributed by atoms with Crippen molar-refractivity contribution in [2.45, 2.75) is 26.4 Å². The summed E-state index contributed by atoms with van der Waals surface area (Å²) in [5.41, 5.74) is -1.15. The Labute approximate surface area is 138 Å². The fourth-order valence-electron chi connectivity index (χ4n) is 1.06. The lowest BCUT2D eigenvalue weighted by Crippen LogP contribution is -2.50. The monoisotopic (exact) mass is 356 g/mol. The van der Waals surface area contributed by atoms with Crippen LogP contribution >= 0.6 is 27.3 Å². The lowest BCUT2D eigenvalue weighted by Gasteiger charge is -2.35. The molecule has 2 rings (SSSR count). The SMILES string of the molecule is [2H]c1sc(N2C([2H])([2H])C([2H])([2H])N(C(=O)OC(C)(C)C)C([2H])([2H])C2([2H])[2H])nc1Br. The lowest BCUT2D eigenvalue weighted by atomic mass is 10.2. The van der Waals surface area contributed by atoms with Crippen molar-refractivity contribution in [2.75, 3.05) is 30.9 Å². The highest BCUT2D eigenvalue weighted by molar-refractivity contribution is 9.10. The number of piperazine rings is 1. The molecule has 0 atom stereocenters. The Morgan fingerprint density at radius 1 is 1.53 bits per heavy atom. The molecule has 0 unspecified atom stereocenters. The minimum Gasteiger partial charge on any atom is -0.444 e. The number of carbonyl (C=O) groups is 1. The molecule has 0 saturated carbocycles. The first kappa shape index (κ1) is 6.76. The summed E-state index contributed by atoms with van der Waals surface area (Å²) in [6.45, 7) is -8.86. The lowest BCUT2D eigenvalue weighted by molar-refractivity contribution is 0.0240. The van der Waals surface area contributed by atoms with E-state index in [0.29, 0.717) is 11.3 Å². The minimum absolute atomic E-state index is 0.0326. The molecule has 7 heteroatoms. The van der Waals surface area contributed by atoms with E-state index in [9.17, 15) is 4.79 Å². The van der Waals surface area contributed by atoms with E-state index in [-0.39, 0.29) is 19.8 Å². The molecule has 1 fully saturated rings. The van der Waals surface area contributed by atoms with E-state index in [1.165, 1.54) is 20.8 Å². The van der Waals surface area contributed by atoms with Crippen molar-refractivity contribution >= 4 is 38.5 Å². The maximum absolute atomic E-state index is 12.5. The van der Waals surface area contributed by atoms with Gasteiger partial charge in [0, 0.05) is 31.3 Å². The zero-order valence-corrected chi connectivity index (χ0v) is 12.8. The van der Waals surface area contributed by atoms with E-state index in [0.717, 1.165) is 0 Å². The molecule has 1 amide bonds. The number of ether oxygens (including phenoxy) is 1. The molecule has 0 bridgehead atoms. The molecule has 2 heterocycles. The summed E-state index contributed by atoms with van der Waals surface area (Å²) in [4.78, 5) is 16.4. The second-order valence-electron chi connectivity index (χ2n) is 4.49. The van der Waals surface area contributed by atoms with Gasteiger partial charge in [-0.05, 0) is 36.7 Å². The molecular formula is C12H18BrN3O2S. The number of anilines is 1. The Kier molecular flexibility index (Phi) is 2.01. The van der Waals surface area contributed by atoms with Gasteiger partial charge in [-0.1, -0.05) is 0 Å². The smallest absolute Gasteiger partial charge is 0.410 e. The number of aromatic nitrogens is 1. The number of rotatable bonds is 1. The van der Waals surface area contributed by atoms with Crippen molar-refractivity contribution in [1.82, 2.24) is 9.88 Å². The molecule has 0 N–H and O–H groups in total. The number of carbonyl (C=O) groups excluding carboxylic acids is 1. The van der Waals surface area contributed by atoms with Gasteiger partial charge in [-0.2, -0.15) is 0 Å². The number of halogens is 1. The molecule has 0 aromatic carbocycles. The third-order valence-electron chi connectivity index (χ3n) is 1.73. The molecule has 1 saturated heterocycles. The average Bonchev–Trinajstić information content (AvgIpc) is 2.72. The van der Waals surface area contributed by atoms with E-state index >= 15 is 0 Å². The molecule has 1 aromatic heterocycles. The quantitative estimate of drug-likeness (QED) is 0.775. The van der Waals surface area contributed by atoms with Crippen molar-refractivity contribution in [3.63, 3.8) is 0 Å². The summed E-state index contributed by atoms with van der Waals surface area (Å²) in [6, 6.07) is 0. The van der Waals surface area contributed by atoms with Crippen LogP contribution in [0.4, 0.5) is 9.93 Å². The largest absolute Gasteiger partial charge is 0.444 e. The standard InChI is InChI=1S/C12H18BrN3O2S/c1-12(2,3)18-11(17)16-6-4-15(5-7-16)10-14-9(13)8-19-10/h8H,4-7H2,1-3H3/i4D2,5D2,6D2,7D2,8D. The van der Waals surface area contributed by atoms with Crippen molar-refractivity contribution in [3.05, 3.63) is 9.96 Å². The first-order chi connectivity index (χ1) is 12.3. The first-order valence-corrected chi connectivity index (χ1v) is 6.86. The molecule has 0 radical (unpaired) electrons. The van der Waals surface area contributed by atoms with Gasteiger partial charge in [-0.3, -0.25) is 0 Å². The first-order valence-electron chi connectivity index (χ1n) is 9.75. The van der Waals surface area contributed by atoms with E-state index in [4.69, 9.17) is 17.1 Å². The summed E-state index contributed by atoms with van der Waals surface area (Å²) < 4.78 is 78.4. The summed E-state index contributed by atoms with van der Waals surface area (Å²) in [5.74, 6) is 0. The molecule has 5 nitrogen and oxygen atoms in total. The van der Waals surface area contributed by atoms with E-state index in [1.54, 1.807) is 0 Å². The molecule has 19 heavy (non-hydrogen) atoms. The van der Waals surface area contributed by atoms with Crippen LogP contribution in [0.3, 0.4) is 0 Å². The van der Waals surface area contributed by atoms with Gasteiger partial charge in [0.05, 0.1) is 12.3 Å². The van der Waals surface area contributed by atoms with Crippen LogP contribution in [0, 0.1) is 0 Å². The average molecular weight is 357 g/mol. The predicted molar refractivity (Wildman–Crippen MR) is 79.8 cm³/mol. The van der Waals surface area contributed by atoms with Crippen LogP contribution < -0.4 is 4.90 Å². The van der Waals surface area contributed by atoms with Crippen LogP contribution in [0.25, 0.3) is 0 Å².